The molecular weight excluding hydrogens is 458 g/mol. The molecule has 1 aliphatic heterocycles. The molecule has 1 saturated carbocycles. The summed E-state index contributed by atoms with van der Waals surface area (Å²) in [6, 6.07) is 5.75. The van der Waals surface area contributed by atoms with Gasteiger partial charge >= 0.3 is 5.97 Å². The molecular formula is C25H30BrNO4. The van der Waals surface area contributed by atoms with Crippen LogP contribution >= 0.6 is 15.9 Å². The molecule has 1 heterocycles. The van der Waals surface area contributed by atoms with Crippen LogP contribution in [0.1, 0.15) is 70.8 Å². The molecule has 166 valence electrons. The minimum atomic E-state index is -0.448. The number of rotatable bonds is 4. The van der Waals surface area contributed by atoms with E-state index in [-0.39, 0.29) is 23.3 Å². The van der Waals surface area contributed by atoms with E-state index in [1.54, 1.807) is 7.11 Å². The van der Waals surface area contributed by atoms with Crippen LogP contribution in [0, 0.1) is 5.41 Å². The predicted molar refractivity (Wildman–Crippen MR) is 123 cm³/mol. The van der Waals surface area contributed by atoms with Gasteiger partial charge in [-0.15, -0.1) is 0 Å². The van der Waals surface area contributed by atoms with E-state index in [0.29, 0.717) is 23.3 Å². The van der Waals surface area contributed by atoms with E-state index in [1.165, 1.54) is 0 Å². The zero-order valence-electron chi connectivity index (χ0n) is 18.6. The third-order valence-electron chi connectivity index (χ3n) is 6.54. The lowest BCUT2D eigenvalue weighted by Gasteiger charge is -2.39. The lowest BCUT2D eigenvalue weighted by atomic mass is 9.68. The Morgan fingerprint density at radius 3 is 2.55 bits per heavy atom. The number of methoxy groups -OCH3 is 1. The Kier molecular flexibility index (Phi) is 6.03. The highest BCUT2D eigenvalue weighted by atomic mass is 79.9. The van der Waals surface area contributed by atoms with Crippen LogP contribution in [0.2, 0.25) is 0 Å². The highest BCUT2D eigenvalue weighted by molar-refractivity contribution is 9.10. The van der Waals surface area contributed by atoms with Crippen LogP contribution in [0.25, 0.3) is 0 Å². The topological polar surface area (TPSA) is 64.6 Å². The van der Waals surface area contributed by atoms with Crippen LogP contribution in [-0.2, 0) is 14.3 Å². The normalized spacial score (nSPS) is 23.5. The lowest BCUT2D eigenvalue weighted by molar-refractivity contribution is -0.144. The van der Waals surface area contributed by atoms with Crippen LogP contribution in [0.4, 0.5) is 0 Å². The lowest BCUT2D eigenvalue weighted by Crippen LogP contribution is -2.39. The third-order valence-corrected chi connectivity index (χ3v) is 7.16. The minimum absolute atomic E-state index is 0.0348. The van der Waals surface area contributed by atoms with Crippen molar-refractivity contribution in [2.24, 2.45) is 5.41 Å². The van der Waals surface area contributed by atoms with Gasteiger partial charge in [0, 0.05) is 29.3 Å². The summed E-state index contributed by atoms with van der Waals surface area (Å²) in [6.07, 6.45) is 5.19. The fourth-order valence-electron chi connectivity index (χ4n) is 5.12. The molecule has 0 saturated heterocycles. The zero-order valence-corrected chi connectivity index (χ0v) is 20.2. The predicted octanol–water partition coefficient (Wildman–Crippen LogP) is 5.55. The van der Waals surface area contributed by atoms with Gasteiger partial charge in [0.05, 0.1) is 17.2 Å². The number of Topliss-reactive ketones (excluding diaryl/α,β-unsaturated/α-hetero) is 1. The molecule has 1 aromatic carbocycles. The smallest absolute Gasteiger partial charge is 0.337 e. The number of benzene rings is 1. The maximum atomic E-state index is 13.4. The highest BCUT2D eigenvalue weighted by Crippen LogP contribution is 2.47. The highest BCUT2D eigenvalue weighted by Gasteiger charge is 2.43. The SMILES string of the molecule is COc1ccc(C2C(C(=O)OC3CCCC3)=C(C)NC3=C2C(=O)CC(C)(C)C3)cc1Br. The number of dihydropyridines is 1. The quantitative estimate of drug-likeness (QED) is 0.564. The van der Waals surface area contributed by atoms with Gasteiger partial charge in [-0.2, -0.15) is 0 Å². The Morgan fingerprint density at radius 2 is 1.90 bits per heavy atom. The molecule has 6 heteroatoms. The van der Waals surface area contributed by atoms with Crippen molar-refractivity contribution in [1.29, 1.82) is 0 Å². The van der Waals surface area contributed by atoms with Gasteiger partial charge in [0.1, 0.15) is 11.9 Å². The van der Waals surface area contributed by atoms with Crippen molar-refractivity contribution in [3.63, 3.8) is 0 Å². The van der Waals surface area contributed by atoms with E-state index < -0.39 is 5.92 Å². The van der Waals surface area contributed by atoms with E-state index >= 15 is 0 Å². The standard InChI is InChI=1S/C25H30BrNO4/c1-14-21(24(29)31-16-7-5-6-8-16)22(15-9-10-20(30-4)17(26)11-15)23-18(27-14)12-25(2,3)13-19(23)28/h9-11,16,22,27H,5-8,12-13H2,1-4H3. The number of carbonyl (C=O) groups excluding carboxylic acids is 2. The molecule has 0 amide bonds. The summed E-state index contributed by atoms with van der Waals surface area (Å²) in [5, 5.41) is 3.40. The Balaban J connectivity index is 1.80. The first-order chi connectivity index (χ1) is 14.7. The number of allylic oxidation sites excluding steroid dienone is 3. The molecule has 5 nitrogen and oxygen atoms in total. The van der Waals surface area contributed by atoms with E-state index in [9.17, 15) is 9.59 Å². The molecule has 1 N–H and O–H groups in total. The van der Waals surface area contributed by atoms with E-state index in [2.05, 4.69) is 35.1 Å². The van der Waals surface area contributed by atoms with Crippen molar-refractivity contribution in [1.82, 2.24) is 5.32 Å². The fourth-order valence-corrected chi connectivity index (χ4v) is 5.68. The average Bonchev–Trinajstić information content (AvgIpc) is 3.18. The first-order valence-electron chi connectivity index (χ1n) is 11.0. The van der Waals surface area contributed by atoms with Gasteiger partial charge in [0.2, 0.25) is 0 Å². The van der Waals surface area contributed by atoms with Gasteiger partial charge in [0.25, 0.3) is 0 Å². The monoisotopic (exact) mass is 487 g/mol. The van der Waals surface area contributed by atoms with Crippen LogP contribution < -0.4 is 10.1 Å². The zero-order chi connectivity index (χ0) is 22.3. The Hall–Kier alpha value is -2.08. The Morgan fingerprint density at radius 1 is 1.19 bits per heavy atom. The largest absolute Gasteiger partial charge is 0.496 e. The molecule has 31 heavy (non-hydrogen) atoms. The second-order valence-electron chi connectivity index (χ2n) is 9.64. The first kappa shape index (κ1) is 22.1. The van der Waals surface area contributed by atoms with Crippen LogP contribution in [0.5, 0.6) is 5.75 Å². The van der Waals surface area contributed by atoms with E-state index in [1.807, 2.05) is 25.1 Å². The molecule has 0 radical (unpaired) electrons. The van der Waals surface area contributed by atoms with E-state index in [4.69, 9.17) is 9.47 Å². The first-order valence-corrected chi connectivity index (χ1v) is 11.8. The summed E-state index contributed by atoms with van der Waals surface area (Å²) in [6.45, 7) is 6.13. The third kappa shape index (κ3) is 4.32. The summed E-state index contributed by atoms with van der Waals surface area (Å²) in [5.41, 5.74) is 3.69. The molecule has 0 aromatic heterocycles. The fraction of sp³-hybridized carbons (Fsp3) is 0.520. The number of nitrogens with one attached hydrogen (secondary N) is 1. The summed E-state index contributed by atoms with van der Waals surface area (Å²) in [4.78, 5) is 26.7. The van der Waals surface area contributed by atoms with Crippen molar-refractivity contribution in [3.8, 4) is 5.75 Å². The molecule has 4 rings (SSSR count). The van der Waals surface area contributed by atoms with Crippen LogP contribution in [-0.4, -0.2) is 25.0 Å². The molecule has 1 aromatic rings. The molecule has 1 atom stereocenters. The van der Waals surface area contributed by atoms with Gasteiger partial charge in [0.15, 0.2) is 5.78 Å². The van der Waals surface area contributed by atoms with Crippen molar-refractivity contribution in [2.75, 3.05) is 7.11 Å². The van der Waals surface area contributed by atoms with Gasteiger partial charge in [-0.1, -0.05) is 19.9 Å². The number of ether oxygens (including phenoxy) is 2. The average molecular weight is 488 g/mol. The van der Waals surface area contributed by atoms with Gasteiger partial charge < -0.3 is 14.8 Å². The molecule has 2 aliphatic carbocycles. The Bertz CT molecular complexity index is 985. The molecule has 0 spiro atoms. The number of hydrogen-bond donors (Lipinski definition) is 1. The van der Waals surface area contributed by atoms with Crippen LogP contribution in [0.3, 0.4) is 0 Å². The summed E-state index contributed by atoms with van der Waals surface area (Å²) in [5.74, 6) is 0.0297. The van der Waals surface area contributed by atoms with E-state index in [0.717, 1.165) is 53.5 Å². The maximum absolute atomic E-state index is 13.4. The number of hydrogen-bond acceptors (Lipinski definition) is 5. The van der Waals surface area contributed by atoms with Crippen LogP contribution in [0.15, 0.2) is 45.2 Å². The van der Waals surface area contributed by atoms with Gasteiger partial charge in [-0.3, -0.25) is 4.79 Å². The van der Waals surface area contributed by atoms with Crippen molar-refractivity contribution < 1.29 is 19.1 Å². The number of ketones is 1. The van der Waals surface area contributed by atoms with Gasteiger partial charge in [-0.25, -0.2) is 4.79 Å². The van der Waals surface area contributed by atoms with Crippen molar-refractivity contribution in [3.05, 3.63) is 50.8 Å². The summed E-state index contributed by atoms with van der Waals surface area (Å²) in [7, 11) is 1.62. The second-order valence-corrected chi connectivity index (χ2v) is 10.5. The van der Waals surface area contributed by atoms with Crippen molar-refractivity contribution in [2.45, 2.75) is 71.3 Å². The number of halogens is 1. The maximum Gasteiger partial charge on any atom is 0.337 e. The molecule has 3 aliphatic rings. The summed E-state index contributed by atoms with van der Waals surface area (Å²) >= 11 is 3.56. The van der Waals surface area contributed by atoms with Crippen molar-refractivity contribution >= 4 is 27.7 Å². The summed E-state index contributed by atoms with van der Waals surface area (Å²) < 4.78 is 12.1. The second kappa shape index (κ2) is 8.45. The number of carbonyl (C=O) groups is 2. The number of esters is 1. The molecule has 0 bridgehead atoms. The Labute approximate surface area is 192 Å². The minimum Gasteiger partial charge on any atom is -0.496 e. The molecule has 1 fully saturated rings. The molecule has 1 unspecified atom stereocenters. The van der Waals surface area contributed by atoms with Gasteiger partial charge in [-0.05, 0) is 78.1 Å².